The Hall–Kier alpha value is -1.99. The van der Waals surface area contributed by atoms with Crippen LogP contribution in [0, 0.1) is 6.92 Å². The molecule has 0 aliphatic carbocycles. The van der Waals surface area contributed by atoms with Crippen molar-refractivity contribution >= 4 is 32.5 Å². The Morgan fingerprint density at radius 1 is 1.10 bits per heavy atom. The summed E-state index contributed by atoms with van der Waals surface area (Å²) in [6.45, 7) is 4.50. The monoisotopic (exact) mass is 429 g/mol. The van der Waals surface area contributed by atoms with Gasteiger partial charge in [0.1, 0.15) is 0 Å². The molecule has 4 rings (SSSR count). The number of benzene rings is 2. The lowest BCUT2D eigenvalue weighted by Crippen LogP contribution is -2.44. The Morgan fingerprint density at radius 2 is 1.83 bits per heavy atom. The van der Waals surface area contributed by atoms with Crippen LogP contribution in [-0.4, -0.2) is 37.4 Å². The molecule has 152 valence electrons. The molecule has 0 saturated carbocycles. The molecule has 29 heavy (non-hydrogen) atoms. The first-order valence-corrected chi connectivity index (χ1v) is 11.6. The van der Waals surface area contributed by atoms with Crippen LogP contribution in [0.15, 0.2) is 59.6 Å². The van der Waals surface area contributed by atoms with E-state index in [1.165, 1.54) is 5.56 Å². The van der Waals surface area contributed by atoms with Crippen molar-refractivity contribution in [2.24, 2.45) is 0 Å². The molecule has 1 aromatic heterocycles. The number of sulfonamides is 1. The fourth-order valence-corrected chi connectivity index (χ4v) is 5.49. The number of halogens is 1. The fraction of sp³-hybridized carbons (Fsp3) is 0.318. The van der Waals surface area contributed by atoms with Crippen molar-refractivity contribution in [2.75, 3.05) is 13.1 Å². The largest absolute Gasteiger partial charge is 0.299 e. The third-order valence-corrected chi connectivity index (χ3v) is 7.28. The number of aryl methyl sites for hydroxylation is 1. The first-order valence-electron chi connectivity index (χ1n) is 9.76. The molecule has 0 bridgehead atoms. The van der Waals surface area contributed by atoms with E-state index in [-0.39, 0.29) is 6.04 Å². The molecule has 0 atom stereocenters. The number of aromatic nitrogens is 1. The lowest BCUT2D eigenvalue weighted by atomic mass is 10.1. The normalized spacial score (nSPS) is 16.3. The van der Waals surface area contributed by atoms with Gasteiger partial charge < -0.3 is 0 Å². The quantitative estimate of drug-likeness (QED) is 0.662. The second-order valence-corrected chi connectivity index (χ2v) is 9.70. The van der Waals surface area contributed by atoms with Gasteiger partial charge in [-0.25, -0.2) is 13.1 Å². The molecule has 0 spiro atoms. The molecule has 7 heteroatoms. The average Bonchev–Trinajstić information content (AvgIpc) is 2.71. The SMILES string of the molecule is Cc1ccc(S(=O)(=O)NC2CCN(Cc3ccc(Cl)cc3)CC2)c2cccnc12. The van der Waals surface area contributed by atoms with Crippen LogP contribution in [0.25, 0.3) is 10.9 Å². The topological polar surface area (TPSA) is 62.3 Å². The molecular weight excluding hydrogens is 406 g/mol. The number of rotatable bonds is 5. The first-order chi connectivity index (χ1) is 13.9. The van der Waals surface area contributed by atoms with Gasteiger partial charge in [0.05, 0.1) is 10.4 Å². The maximum absolute atomic E-state index is 13.1. The van der Waals surface area contributed by atoms with Gasteiger partial charge in [0.25, 0.3) is 0 Å². The van der Waals surface area contributed by atoms with Crippen LogP contribution < -0.4 is 4.72 Å². The Labute approximate surface area is 176 Å². The summed E-state index contributed by atoms with van der Waals surface area (Å²) in [5.74, 6) is 0. The van der Waals surface area contributed by atoms with Crippen LogP contribution in [0.2, 0.25) is 5.02 Å². The molecule has 0 radical (unpaired) electrons. The Balaban J connectivity index is 1.43. The maximum Gasteiger partial charge on any atom is 0.241 e. The highest BCUT2D eigenvalue weighted by molar-refractivity contribution is 7.89. The Bertz CT molecular complexity index is 1110. The molecule has 1 aliphatic rings. The van der Waals surface area contributed by atoms with E-state index in [4.69, 9.17) is 11.6 Å². The zero-order chi connectivity index (χ0) is 20.4. The highest BCUT2D eigenvalue weighted by Crippen LogP contribution is 2.25. The number of hydrogen-bond acceptors (Lipinski definition) is 4. The van der Waals surface area contributed by atoms with Crippen molar-refractivity contribution in [3.8, 4) is 0 Å². The molecule has 5 nitrogen and oxygen atoms in total. The second kappa shape index (κ2) is 8.40. The van der Waals surface area contributed by atoms with Gasteiger partial charge in [-0.15, -0.1) is 0 Å². The van der Waals surface area contributed by atoms with E-state index in [1.54, 1.807) is 18.3 Å². The summed E-state index contributed by atoms with van der Waals surface area (Å²) in [7, 11) is -3.61. The van der Waals surface area contributed by atoms with Crippen molar-refractivity contribution in [1.29, 1.82) is 0 Å². The van der Waals surface area contributed by atoms with Crippen LogP contribution in [-0.2, 0) is 16.6 Å². The van der Waals surface area contributed by atoms with Crippen LogP contribution in [0.5, 0.6) is 0 Å². The Kier molecular flexibility index (Phi) is 5.88. The summed E-state index contributed by atoms with van der Waals surface area (Å²) >= 11 is 5.95. The van der Waals surface area contributed by atoms with Gasteiger partial charge >= 0.3 is 0 Å². The highest BCUT2D eigenvalue weighted by Gasteiger charge is 2.26. The van der Waals surface area contributed by atoms with Crippen LogP contribution in [0.1, 0.15) is 24.0 Å². The number of pyridine rings is 1. The number of likely N-dealkylation sites (tertiary alicyclic amines) is 1. The Morgan fingerprint density at radius 3 is 2.55 bits per heavy atom. The van der Waals surface area contributed by atoms with Crippen molar-refractivity contribution in [3.05, 3.63) is 70.9 Å². The summed E-state index contributed by atoms with van der Waals surface area (Å²) < 4.78 is 29.0. The fourth-order valence-electron chi connectivity index (χ4n) is 3.86. The molecule has 3 aromatic rings. The van der Waals surface area contributed by atoms with E-state index in [2.05, 4.69) is 14.6 Å². The molecule has 1 N–H and O–H groups in total. The molecular formula is C22H24ClN3O2S. The lowest BCUT2D eigenvalue weighted by Gasteiger charge is -2.32. The van der Waals surface area contributed by atoms with E-state index in [0.29, 0.717) is 10.3 Å². The summed E-state index contributed by atoms with van der Waals surface area (Å²) in [6, 6.07) is 14.9. The van der Waals surface area contributed by atoms with E-state index < -0.39 is 10.0 Å². The smallest absolute Gasteiger partial charge is 0.241 e. The standard InChI is InChI=1S/C22H24ClN3O2S/c1-16-4-9-21(20-3-2-12-24-22(16)20)29(27,28)25-19-10-13-26(14-11-19)15-17-5-7-18(23)8-6-17/h2-9,12,19,25H,10-11,13-15H2,1H3. The predicted octanol–water partition coefficient (Wildman–Crippen LogP) is 4.14. The molecule has 1 aliphatic heterocycles. The van der Waals surface area contributed by atoms with Crippen molar-refractivity contribution < 1.29 is 8.42 Å². The van der Waals surface area contributed by atoms with E-state index in [0.717, 1.165) is 48.6 Å². The van der Waals surface area contributed by atoms with Crippen LogP contribution in [0.3, 0.4) is 0 Å². The van der Waals surface area contributed by atoms with E-state index in [1.807, 2.05) is 43.3 Å². The minimum atomic E-state index is -3.61. The third kappa shape index (κ3) is 4.61. The highest BCUT2D eigenvalue weighted by atomic mass is 35.5. The number of nitrogens with one attached hydrogen (secondary N) is 1. The van der Waals surface area contributed by atoms with Crippen LogP contribution >= 0.6 is 11.6 Å². The number of hydrogen-bond donors (Lipinski definition) is 1. The van der Waals surface area contributed by atoms with Gasteiger partial charge in [-0.1, -0.05) is 29.8 Å². The number of fused-ring (bicyclic) bond motifs is 1. The molecule has 2 aromatic carbocycles. The summed E-state index contributed by atoms with van der Waals surface area (Å²) in [4.78, 5) is 7.00. The average molecular weight is 430 g/mol. The summed E-state index contributed by atoms with van der Waals surface area (Å²) in [5.41, 5.74) is 2.91. The van der Waals surface area contributed by atoms with Crippen LogP contribution in [0.4, 0.5) is 0 Å². The predicted molar refractivity (Wildman–Crippen MR) is 117 cm³/mol. The lowest BCUT2D eigenvalue weighted by molar-refractivity contribution is 0.200. The summed E-state index contributed by atoms with van der Waals surface area (Å²) in [6.07, 6.45) is 3.26. The molecule has 1 fully saturated rings. The van der Waals surface area contributed by atoms with Crippen molar-refractivity contribution in [1.82, 2.24) is 14.6 Å². The third-order valence-electron chi connectivity index (χ3n) is 5.45. The van der Waals surface area contributed by atoms with Gasteiger partial charge in [-0.2, -0.15) is 0 Å². The van der Waals surface area contributed by atoms with Gasteiger partial charge in [0.2, 0.25) is 10.0 Å². The zero-order valence-corrected chi connectivity index (χ0v) is 17.9. The van der Waals surface area contributed by atoms with E-state index in [9.17, 15) is 8.42 Å². The molecule has 0 amide bonds. The minimum Gasteiger partial charge on any atom is -0.299 e. The second-order valence-electron chi connectivity index (χ2n) is 7.58. The first kappa shape index (κ1) is 20.3. The van der Waals surface area contributed by atoms with Crippen molar-refractivity contribution in [3.63, 3.8) is 0 Å². The molecule has 2 heterocycles. The van der Waals surface area contributed by atoms with Gasteiger partial charge in [-0.05, 0) is 61.2 Å². The van der Waals surface area contributed by atoms with Gasteiger partial charge in [-0.3, -0.25) is 9.88 Å². The molecule has 1 saturated heterocycles. The summed E-state index contributed by atoms with van der Waals surface area (Å²) in [5, 5.41) is 1.40. The zero-order valence-electron chi connectivity index (χ0n) is 16.3. The number of nitrogens with zero attached hydrogens (tertiary/aromatic N) is 2. The molecule has 0 unspecified atom stereocenters. The minimum absolute atomic E-state index is 0.0607. The van der Waals surface area contributed by atoms with Crippen molar-refractivity contribution in [2.45, 2.75) is 37.2 Å². The number of piperidine rings is 1. The van der Waals surface area contributed by atoms with E-state index >= 15 is 0 Å². The maximum atomic E-state index is 13.1. The van der Waals surface area contributed by atoms with Gasteiger partial charge in [0.15, 0.2) is 0 Å². The van der Waals surface area contributed by atoms with Gasteiger partial charge in [0, 0.05) is 42.3 Å².